The van der Waals surface area contributed by atoms with Crippen LogP contribution in [-0.4, -0.2) is 75.0 Å². The molecule has 7 heteroatoms. The van der Waals surface area contributed by atoms with Crippen LogP contribution in [0.2, 0.25) is 0 Å². The van der Waals surface area contributed by atoms with Crippen molar-refractivity contribution in [3.05, 3.63) is 0 Å². The number of amides is 1. The van der Waals surface area contributed by atoms with Crippen molar-refractivity contribution in [3.63, 3.8) is 0 Å². The van der Waals surface area contributed by atoms with E-state index in [1.807, 2.05) is 6.92 Å². The van der Waals surface area contributed by atoms with E-state index in [4.69, 9.17) is 0 Å². The molecule has 1 amide bonds. The number of likely N-dealkylation sites (tertiary alicyclic amines) is 1. The van der Waals surface area contributed by atoms with E-state index in [1.165, 1.54) is 25.9 Å². The number of nitrogens with zero attached hydrogens (tertiary/aromatic N) is 3. The van der Waals surface area contributed by atoms with Gasteiger partial charge in [-0.25, -0.2) is 4.99 Å². The van der Waals surface area contributed by atoms with Crippen molar-refractivity contribution in [3.8, 4) is 0 Å². The number of carbonyl (C=O) groups is 1. The molecule has 1 saturated heterocycles. The number of guanidine groups is 1. The summed E-state index contributed by atoms with van der Waals surface area (Å²) in [6, 6.07) is 0. The van der Waals surface area contributed by atoms with Gasteiger partial charge in [0.25, 0.3) is 0 Å². The largest absolute Gasteiger partial charge is 0.357 e. The minimum atomic E-state index is 0. The summed E-state index contributed by atoms with van der Waals surface area (Å²) in [5.74, 6) is 1.57. The molecule has 1 heterocycles. The van der Waals surface area contributed by atoms with Gasteiger partial charge < -0.3 is 20.4 Å². The highest BCUT2D eigenvalue weighted by Gasteiger charge is 2.15. The summed E-state index contributed by atoms with van der Waals surface area (Å²) >= 11 is 0. The average Bonchev–Trinajstić information content (AvgIpc) is 2.48. The average molecular weight is 439 g/mol. The lowest BCUT2D eigenvalue weighted by Gasteiger charge is -2.30. The van der Waals surface area contributed by atoms with E-state index in [0.717, 1.165) is 37.9 Å². The Labute approximate surface area is 158 Å². The maximum Gasteiger partial charge on any atom is 0.243 e. The van der Waals surface area contributed by atoms with Crippen molar-refractivity contribution in [1.82, 2.24) is 20.4 Å². The third-order valence-corrected chi connectivity index (χ3v) is 3.90. The number of aliphatic imine (C=N–C) groups is 1. The second-order valence-electron chi connectivity index (χ2n) is 6.31. The van der Waals surface area contributed by atoms with Crippen LogP contribution in [-0.2, 0) is 4.79 Å². The smallest absolute Gasteiger partial charge is 0.243 e. The van der Waals surface area contributed by atoms with Crippen molar-refractivity contribution in [1.29, 1.82) is 0 Å². The van der Waals surface area contributed by atoms with Gasteiger partial charge in [-0.1, -0.05) is 6.92 Å². The Kier molecular flexibility index (Phi) is 12.5. The molecule has 0 aromatic rings. The molecule has 1 aliphatic rings. The maximum atomic E-state index is 11.6. The molecule has 0 saturated carbocycles. The molecule has 1 unspecified atom stereocenters. The van der Waals surface area contributed by atoms with E-state index < -0.39 is 0 Å². The summed E-state index contributed by atoms with van der Waals surface area (Å²) in [6.45, 7) is 9.82. The topological polar surface area (TPSA) is 60.0 Å². The molecule has 0 aliphatic carbocycles. The molecule has 1 atom stereocenters. The number of halogens is 1. The molecule has 0 spiro atoms. The van der Waals surface area contributed by atoms with Gasteiger partial charge in [0, 0.05) is 33.7 Å². The van der Waals surface area contributed by atoms with Gasteiger partial charge >= 0.3 is 0 Å². The fraction of sp³-hybridized carbons (Fsp3) is 0.875. The van der Waals surface area contributed by atoms with Gasteiger partial charge in [0.1, 0.15) is 6.54 Å². The van der Waals surface area contributed by atoms with Crippen LogP contribution in [0.25, 0.3) is 0 Å². The van der Waals surface area contributed by atoms with E-state index in [9.17, 15) is 4.79 Å². The Bertz CT molecular complexity index is 362. The number of piperidine rings is 1. The second-order valence-corrected chi connectivity index (χ2v) is 6.31. The summed E-state index contributed by atoms with van der Waals surface area (Å²) in [5.41, 5.74) is 0. The van der Waals surface area contributed by atoms with Gasteiger partial charge in [-0.3, -0.25) is 4.79 Å². The fourth-order valence-electron chi connectivity index (χ4n) is 2.63. The van der Waals surface area contributed by atoms with Crippen LogP contribution in [0.3, 0.4) is 0 Å². The summed E-state index contributed by atoms with van der Waals surface area (Å²) < 4.78 is 0. The minimum absolute atomic E-state index is 0. The van der Waals surface area contributed by atoms with Crippen molar-refractivity contribution < 1.29 is 4.79 Å². The number of hydrogen-bond donors (Lipinski definition) is 2. The Hall–Kier alpha value is -0.570. The van der Waals surface area contributed by atoms with E-state index in [2.05, 4.69) is 27.4 Å². The molecule has 2 N–H and O–H groups in total. The molecule has 0 aromatic carbocycles. The lowest BCUT2D eigenvalue weighted by atomic mass is 10.0. The highest BCUT2D eigenvalue weighted by molar-refractivity contribution is 14.0. The molecular weight excluding hydrogens is 405 g/mol. The standard InChI is InChI=1S/C16H33N5O.HI/c1-5-17-16(19-12-15(22)20(3)4)18-9-7-11-21-10-6-8-14(2)13-21;/h14H,5-13H2,1-4H3,(H2,17,18,19);1H. The van der Waals surface area contributed by atoms with Gasteiger partial charge in [-0.2, -0.15) is 0 Å². The highest BCUT2D eigenvalue weighted by atomic mass is 127. The predicted molar refractivity (Wildman–Crippen MR) is 108 cm³/mol. The van der Waals surface area contributed by atoms with Crippen molar-refractivity contribution >= 4 is 35.8 Å². The fourth-order valence-corrected chi connectivity index (χ4v) is 2.63. The summed E-state index contributed by atoms with van der Waals surface area (Å²) in [6.07, 6.45) is 3.79. The predicted octanol–water partition coefficient (Wildman–Crippen LogP) is 1.37. The molecule has 136 valence electrons. The van der Waals surface area contributed by atoms with Crippen LogP contribution < -0.4 is 10.6 Å². The molecule has 1 rings (SSSR count). The van der Waals surface area contributed by atoms with Crippen molar-refractivity contribution in [2.45, 2.75) is 33.1 Å². The highest BCUT2D eigenvalue weighted by Crippen LogP contribution is 2.15. The van der Waals surface area contributed by atoms with E-state index in [-0.39, 0.29) is 36.4 Å². The molecule has 0 bridgehead atoms. The Morgan fingerprint density at radius 2 is 2.09 bits per heavy atom. The summed E-state index contributed by atoms with van der Waals surface area (Å²) in [5, 5.41) is 6.48. The van der Waals surface area contributed by atoms with Crippen LogP contribution in [0, 0.1) is 5.92 Å². The third kappa shape index (κ3) is 10.0. The lowest BCUT2D eigenvalue weighted by molar-refractivity contribution is -0.127. The van der Waals surface area contributed by atoms with Gasteiger partial charge in [-0.15, -0.1) is 24.0 Å². The second kappa shape index (κ2) is 12.8. The first kappa shape index (κ1) is 22.4. The van der Waals surface area contributed by atoms with Gasteiger partial charge in [0.2, 0.25) is 5.91 Å². The zero-order valence-corrected chi connectivity index (χ0v) is 17.4. The van der Waals surface area contributed by atoms with Gasteiger partial charge in [0.15, 0.2) is 5.96 Å². The van der Waals surface area contributed by atoms with Crippen LogP contribution >= 0.6 is 24.0 Å². The van der Waals surface area contributed by atoms with Crippen LogP contribution in [0.5, 0.6) is 0 Å². The summed E-state index contributed by atoms with van der Waals surface area (Å²) in [7, 11) is 3.50. The number of nitrogens with one attached hydrogen (secondary N) is 2. The normalized spacial score (nSPS) is 19.0. The number of carbonyl (C=O) groups excluding carboxylic acids is 1. The Morgan fingerprint density at radius 1 is 1.35 bits per heavy atom. The number of hydrogen-bond acceptors (Lipinski definition) is 3. The van der Waals surface area contributed by atoms with Crippen LogP contribution in [0.1, 0.15) is 33.1 Å². The van der Waals surface area contributed by atoms with Gasteiger partial charge in [-0.05, 0) is 45.2 Å². The first-order valence-electron chi connectivity index (χ1n) is 8.47. The molecule has 0 aromatic heterocycles. The number of likely N-dealkylation sites (N-methyl/N-ethyl adjacent to an activating group) is 1. The van der Waals surface area contributed by atoms with Crippen LogP contribution in [0.15, 0.2) is 4.99 Å². The molecular formula is C16H34IN5O. The zero-order valence-electron chi connectivity index (χ0n) is 15.1. The van der Waals surface area contributed by atoms with E-state index in [0.29, 0.717) is 0 Å². The van der Waals surface area contributed by atoms with Gasteiger partial charge in [0.05, 0.1) is 0 Å². The number of rotatable bonds is 7. The Morgan fingerprint density at radius 3 is 2.70 bits per heavy atom. The zero-order chi connectivity index (χ0) is 16.4. The first-order chi connectivity index (χ1) is 10.5. The molecule has 1 aliphatic heterocycles. The van der Waals surface area contributed by atoms with E-state index >= 15 is 0 Å². The van der Waals surface area contributed by atoms with Crippen LogP contribution in [0.4, 0.5) is 0 Å². The summed E-state index contributed by atoms with van der Waals surface area (Å²) in [4.78, 5) is 20.0. The quantitative estimate of drug-likeness (QED) is 0.272. The molecule has 1 fully saturated rings. The molecule has 6 nitrogen and oxygen atoms in total. The molecule has 23 heavy (non-hydrogen) atoms. The first-order valence-corrected chi connectivity index (χ1v) is 8.47. The minimum Gasteiger partial charge on any atom is -0.357 e. The van der Waals surface area contributed by atoms with E-state index in [1.54, 1.807) is 19.0 Å². The third-order valence-electron chi connectivity index (χ3n) is 3.90. The molecule has 0 radical (unpaired) electrons. The monoisotopic (exact) mass is 439 g/mol. The van der Waals surface area contributed by atoms with Crippen molar-refractivity contribution in [2.24, 2.45) is 10.9 Å². The SMILES string of the molecule is CCNC(=NCC(=O)N(C)C)NCCCN1CCCC(C)C1.I. The lowest BCUT2D eigenvalue weighted by Crippen LogP contribution is -2.40. The maximum absolute atomic E-state index is 11.6. The Balaban J connectivity index is 0.00000484. The van der Waals surface area contributed by atoms with Crippen molar-refractivity contribution in [2.75, 3.05) is 53.4 Å².